The zero-order chi connectivity index (χ0) is 16.4. The molecule has 0 unspecified atom stereocenters. The van der Waals surface area contributed by atoms with Gasteiger partial charge >= 0.3 is 0 Å². The summed E-state index contributed by atoms with van der Waals surface area (Å²) in [6.07, 6.45) is 2.80. The van der Waals surface area contributed by atoms with Gasteiger partial charge in [-0.15, -0.1) is 0 Å². The number of pyridine rings is 1. The van der Waals surface area contributed by atoms with Crippen molar-refractivity contribution in [1.29, 1.82) is 5.26 Å². The fourth-order valence-corrected chi connectivity index (χ4v) is 3.05. The Labute approximate surface area is 140 Å². The largest absolute Gasteiger partial charge is 0.354 e. The summed E-state index contributed by atoms with van der Waals surface area (Å²) in [5.41, 5.74) is 6.11. The summed E-state index contributed by atoms with van der Waals surface area (Å²) in [5, 5.41) is 16.4. The first-order chi connectivity index (χ1) is 11.8. The highest BCUT2D eigenvalue weighted by atomic mass is 15.0. The molecule has 0 bridgehead atoms. The molecule has 2 aromatic carbocycles. The van der Waals surface area contributed by atoms with Gasteiger partial charge in [-0.05, 0) is 17.2 Å². The number of benzene rings is 2. The molecule has 0 aliphatic carbocycles. The minimum Gasteiger partial charge on any atom is -0.354 e. The molecule has 0 radical (unpaired) electrons. The van der Waals surface area contributed by atoms with Crippen LogP contribution in [-0.2, 0) is 13.0 Å². The van der Waals surface area contributed by atoms with E-state index >= 15 is 0 Å². The Balaban J connectivity index is 1.65. The summed E-state index contributed by atoms with van der Waals surface area (Å²) < 4.78 is 0. The Morgan fingerprint density at radius 1 is 1.04 bits per heavy atom. The number of nitrogens with one attached hydrogen (secondary N) is 3. The molecular formula is C20H17N4+. The number of H-pyrrole nitrogens is 1. The fraction of sp³-hybridized carbons (Fsp3) is 0.100. The first kappa shape index (κ1) is 14.3. The van der Waals surface area contributed by atoms with Crippen molar-refractivity contribution in [2.75, 3.05) is 10.6 Å². The monoisotopic (exact) mass is 313 g/mol. The maximum Gasteiger partial charge on any atom is 0.292 e. The van der Waals surface area contributed by atoms with Crippen molar-refractivity contribution in [3.8, 4) is 6.07 Å². The van der Waals surface area contributed by atoms with Gasteiger partial charge in [-0.1, -0.05) is 48.5 Å². The van der Waals surface area contributed by atoms with Crippen molar-refractivity contribution >= 4 is 17.2 Å². The molecule has 4 heteroatoms. The summed E-state index contributed by atoms with van der Waals surface area (Å²) in [4.78, 5) is 3.24. The number of anilines is 3. The van der Waals surface area contributed by atoms with E-state index < -0.39 is 0 Å². The number of fused-ring (bicyclic) bond motifs is 2. The van der Waals surface area contributed by atoms with Gasteiger partial charge in [0.25, 0.3) is 5.82 Å². The molecule has 1 aliphatic heterocycles. The molecule has 2 heterocycles. The van der Waals surface area contributed by atoms with Crippen molar-refractivity contribution in [1.82, 2.24) is 0 Å². The Morgan fingerprint density at radius 2 is 1.83 bits per heavy atom. The minimum absolute atomic E-state index is 0.623. The Kier molecular flexibility index (Phi) is 3.60. The van der Waals surface area contributed by atoms with Gasteiger partial charge in [-0.25, -0.2) is 4.98 Å². The maximum atomic E-state index is 9.67. The fourth-order valence-electron chi connectivity index (χ4n) is 3.05. The van der Waals surface area contributed by atoms with Gasteiger partial charge in [0.15, 0.2) is 5.56 Å². The van der Waals surface area contributed by atoms with E-state index in [1.165, 1.54) is 11.1 Å². The Bertz CT molecular complexity index is 926. The number of rotatable bonds is 3. The summed E-state index contributed by atoms with van der Waals surface area (Å²) in [5.74, 6) is 0.743. The number of nitriles is 1. The molecule has 1 aliphatic rings. The van der Waals surface area contributed by atoms with E-state index in [0.29, 0.717) is 12.1 Å². The van der Waals surface area contributed by atoms with E-state index in [-0.39, 0.29) is 0 Å². The van der Waals surface area contributed by atoms with Crippen LogP contribution >= 0.6 is 0 Å². The van der Waals surface area contributed by atoms with Gasteiger partial charge in [0.1, 0.15) is 12.6 Å². The van der Waals surface area contributed by atoms with Crippen molar-refractivity contribution in [3.05, 3.63) is 83.0 Å². The normalized spacial score (nSPS) is 11.6. The number of hydrogen-bond acceptors (Lipinski definition) is 3. The van der Waals surface area contributed by atoms with Crippen LogP contribution in [0.3, 0.4) is 0 Å². The van der Waals surface area contributed by atoms with Gasteiger partial charge < -0.3 is 5.32 Å². The lowest BCUT2D eigenvalue weighted by Crippen LogP contribution is -2.20. The van der Waals surface area contributed by atoms with Gasteiger partial charge in [0, 0.05) is 17.7 Å². The molecule has 3 N–H and O–H groups in total. The summed E-state index contributed by atoms with van der Waals surface area (Å²) in [6, 6.07) is 20.7. The van der Waals surface area contributed by atoms with E-state index in [9.17, 15) is 5.26 Å². The van der Waals surface area contributed by atoms with Crippen LogP contribution in [0.5, 0.6) is 0 Å². The van der Waals surface area contributed by atoms with Crippen molar-refractivity contribution in [2.24, 2.45) is 0 Å². The van der Waals surface area contributed by atoms with Crippen molar-refractivity contribution < 1.29 is 4.98 Å². The van der Waals surface area contributed by atoms with E-state index in [0.717, 1.165) is 29.2 Å². The van der Waals surface area contributed by atoms with Crippen LogP contribution in [0, 0.1) is 11.3 Å². The van der Waals surface area contributed by atoms with E-state index in [1.807, 2.05) is 42.6 Å². The summed E-state index contributed by atoms with van der Waals surface area (Å²) in [6.45, 7) is 0.668. The molecule has 0 fully saturated rings. The van der Waals surface area contributed by atoms with Crippen molar-refractivity contribution in [2.45, 2.75) is 13.0 Å². The number of aromatic amines is 1. The molecule has 0 spiro atoms. The second-order valence-corrected chi connectivity index (χ2v) is 5.85. The molecule has 3 aromatic rings. The molecule has 0 atom stereocenters. The Morgan fingerprint density at radius 3 is 2.67 bits per heavy atom. The third kappa shape index (κ3) is 2.57. The molecule has 116 valence electrons. The molecule has 0 amide bonds. The van der Waals surface area contributed by atoms with E-state index in [4.69, 9.17) is 0 Å². The number of para-hydroxylation sites is 1. The van der Waals surface area contributed by atoms with Crippen LogP contribution < -0.4 is 15.6 Å². The third-order valence-corrected chi connectivity index (χ3v) is 4.29. The zero-order valence-electron chi connectivity index (χ0n) is 13.1. The second-order valence-electron chi connectivity index (χ2n) is 5.85. The molecule has 4 rings (SSSR count). The maximum absolute atomic E-state index is 9.67. The number of aromatic nitrogens is 1. The van der Waals surface area contributed by atoms with Crippen LogP contribution in [0.1, 0.15) is 22.3 Å². The average Bonchev–Trinajstić information content (AvgIpc) is 2.65. The van der Waals surface area contributed by atoms with Gasteiger partial charge in [0.2, 0.25) is 0 Å². The lowest BCUT2D eigenvalue weighted by atomic mass is 9.96. The lowest BCUT2D eigenvalue weighted by molar-refractivity contribution is -0.362. The van der Waals surface area contributed by atoms with Crippen LogP contribution in [0.25, 0.3) is 0 Å². The van der Waals surface area contributed by atoms with E-state index in [1.54, 1.807) is 0 Å². The highest BCUT2D eigenvalue weighted by Gasteiger charge is 2.23. The van der Waals surface area contributed by atoms with Crippen LogP contribution in [0.2, 0.25) is 0 Å². The first-order valence-corrected chi connectivity index (χ1v) is 7.95. The lowest BCUT2D eigenvalue weighted by Gasteiger charge is -2.21. The second kappa shape index (κ2) is 6.05. The van der Waals surface area contributed by atoms with Gasteiger partial charge in [0.05, 0.1) is 11.9 Å². The SMILES string of the molecule is N#Cc1c(NCc2ccccc2)[nH+]cc2c1Nc1ccccc1C2. The number of hydrogen-bond donors (Lipinski definition) is 2. The quantitative estimate of drug-likeness (QED) is 0.607. The summed E-state index contributed by atoms with van der Waals surface area (Å²) in [7, 11) is 0. The predicted octanol–water partition coefficient (Wildman–Crippen LogP) is 3.63. The zero-order valence-corrected chi connectivity index (χ0v) is 13.1. The highest BCUT2D eigenvalue weighted by molar-refractivity contribution is 5.78. The van der Waals surface area contributed by atoms with Gasteiger partial charge in [-0.3, -0.25) is 5.32 Å². The Hall–Kier alpha value is -3.32. The molecule has 4 nitrogen and oxygen atoms in total. The highest BCUT2D eigenvalue weighted by Crippen LogP contribution is 2.35. The van der Waals surface area contributed by atoms with Gasteiger partial charge in [-0.2, -0.15) is 5.26 Å². The van der Waals surface area contributed by atoms with Crippen LogP contribution in [0.15, 0.2) is 60.8 Å². The predicted molar refractivity (Wildman–Crippen MR) is 94.0 cm³/mol. The topological polar surface area (TPSA) is 62.0 Å². The smallest absolute Gasteiger partial charge is 0.292 e. The summed E-state index contributed by atoms with van der Waals surface area (Å²) >= 11 is 0. The minimum atomic E-state index is 0.623. The standard InChI is InChI=1S/C20H16N4/c21-11-17-19-16(10-15-8-4-5-9-18(15)24-19)13-23-20(17)22-12-14-6-2-1-3-7-14/h1-9,13,24H,10,12H2,(H,22,23)/p+1. The molecule has 0 saturated carbocycles. The first-order valence-electron chi connectivity index (χ1n) is 7.95. The molecular weight excluding hydrogens is 296 g/mol. The number of nitrogens with zero attached hydrogens (tertiary/aromatic N) is 1. The van der Waals surface area contributed by atoms with Crippen molar-refractivity contribution in [3.63, 3.8) is 0 Å². The third-order valence-electron chi connectivity index (χ3n) is 4.29. The van der Waals surface area contributed by atoms with Crippen LogP contribution in [-0.4, -0.2) is 0 Å². The molecule has 24 heavy (non-hydrogen) atoms. The molecule has 0 saturated heterocycles. The molecule has 1 aromatic heterocycles. The van der Waals surface area contributed by atoms with E-state index in [2.05, 4.69) is 39.9 Å². The average molecular weight is 313 g/mol. The van der Waals surface area contributed by atoms with Crippen LogP contribution in [0.4, 0.5) is 17.2 Å².